The van der Waals surface area contributed by atoms with Gasteiger partial charge in [0.25, 0.3) is 11.7 Å². The van der Waals surface area contributed by atoms with Gasteiger partial charge in [0.1, 0.15) is 17.2 Å². The van der Waals surface area contributed by atoms with Crippen LogP contribution in [0.5, 0.6) is 0 Å². The Labute approximate surface area is 180 Å². The number of halogens is 1. The summed E-state index contributed by atoms with van der Waals surface area (Å²) in [6.45, 7) is 0. The van der Waals surface area contributed by atoms with E-state index in [0.29, 0.717) is 16.8 Å². The third-order valence-corrected chi connectivity index (χ3v) is 5.06. The second-order valence-corrected chi connectivity index (χ2v) is 7.01. The summed E-state index contributed by atoms with van der Waals surface area (Å²) in [6, 6.07) is 13.1. The minimum Gasteiger partial charge on any atom is -0.355 e. The van der Waals surface area contributed by atoms with E-state index < -0.39 is 11.7 Å². The van der Waals surface area contributed by atoms with Crippen molar-refractivity contribution in [2.24, 2.45) is 0 Å². The Hall–Kier alpha value is -4.53. The molecule has 8 nitrogen and oxygen atoms in total. The fourth-order valence-electron chi connectivity index (χ4n) is 3.42. The van der Waals surface area contributed by atoms with Crippen LogP contribution in [0.2, 0.25) is 0 Å². The van der Waals surface area contributed by atoms with Crippen LogP contribution in [0.3, 0.4) is 0 Å². The average Bonchev–Trinajstić information content (AvgIpc) is 3.26. The molecule has 0 fully saturated rings. The van der Waals surface area contributed by atoms with Crippen LogP contribution in [-0.4, -0.2) is 43.3 Å². The maximum absolute atomic E-state index is 14.4. The lowest BCUT2D eigenvalue weighted by atomic mass is 10.1. The lowest BCUT2D eigenvalue weighted by Gasteiger charge is -2.06. The van der Waals surface area contributed by atoms with Gasteiger partial charge < -0.3 is 5.32 Å². The highest BCUT2D eigenvalue weighted by atomic mass is 19.1. The van der Waals surface area contributed by atoms with Gasteiger partial charge in [-0.05, 0) is 36.4 Å². The van der Waals surface area contributed by atoms with Crippen LogP contribution in [0.25, 0.3) is 27.9 Å². The predicted octanol–water partition coefficient (Wildman–Crippen LogP) is 3.07. The van der Waals surface area contributed by atoms with E-state index in [0.717, 1.165) is 10.9 Å². The highest BCUT2D eigenvalue weighted by molar-refractivity contribution is 6.09. The number of pyridine rings is 1. The lowest BCUT2D eigenvalue weighted by Crippen LogP contribution is -2.19. The first-order valence-corrected chi connectivity index (χ1v) is 9.67. The normalized spacial score (nSPS) is 11.1. The van der Waals surface area contributed by atoms with Crippen molar-refractivity contribution >= 4 is 28.4 Å². The van der Waals surface area contributed by atoms with Crippen molar-refractivity contribution in [2.75, 3.05) is 7.05 Å². The minimum absolute atomic E-state index is 0.0745. The van der Waals surface area contributed by atoms with E-state index in [1.807, 2.05) is 6.07 Å². The summed E-state index contributed by atoms with van der Waals surface area (Å²) in [7, 11) is 1.43. The van der Waals surface area contributed by atoms with E-state index in [1.165, 1.54) is 36.1 Å². The van der Waals surface area contributed by atoms with E-state index in [9.17, 15) is 14.0 Å². The Morgan fingerprint density at radius 2 is 1.84 bits per heavy atom. The summed E-state index contributed by atoms with van der Waals surface area (Å²) in [5, 5.41) is 7.67. The van der Waals surface area contributed by atoms with E-state index in [4.69, 9.17) is 0 Å². The molecule has 1 amide bonds. The van der Waals surface area contributed by atoms with Gasteiger partial charge in [0, 0.05) is 29.8 Å². The Morgan fingerprint density at radius 1 is 1.00 bits per heavy atom. The number of nitrogens with one attached hydrogen (secondary N) is 1. The first kappa shape index (κ1) is 19.4. The van der Waals surface area contributed by atoms with E-state index >= 15 is 0 Å². The predicted molar refractivity (Wildman–Crippen MR) is 115 cm³/mol. The number of rotatable bonds is 4. The number of benzene rings is 2. The summed E-state index contributed by atoms with van der Waals surface area (Å²) in [6.07, 6.45) is 4.53. The van der Waals surface area contributed by atoms with Gasteiger partial charge in [0.15, 0.2) is 0 Å². The molecule has 0 aliphatic rings. The quantitative estimate of drug-likeness (QED) is 0.443. The highest BCUT2D eigenvalue weighted by Gasteiger charge is 2.18. The third-order valence-electron chi connectivity index (χ3n) is 5.06. The van der Waals surface area contributed by atoms with Crippen molar-refractivity contribution in [1.82, 2.24) is 29.9 Å². The fraction of sp³-hybridized carbons (Fsp3) is 0.0435. The standard InChI is InChI=1S/C23H15FN6O2/c1-25-22(32)16-6-4-14(10-17(16)24)19-11-27-23-28-12-20(30(23)29-19)21(31)15-5-7-18-13(9-15)3-2-8-26-18/h2-12H,1H3,(H,25,32). The molecule has 9 heteroatoms. The maximum atomic E-state index is 14.4. The van der Waals surface area contributed by atoms with Crippen molar-refractivity contribution < 1.29 is 14.0 Å². The molecule has 1 N–H and O–H groups in total. The lowest BCUT2D eigenvalue weighted by molar-refractivity contribution is 0.0958. The molecule has 3 heterocycles. The van der Waals surface area contributed by atoms with Gasteiger partial charge in [-0.25, -0.2) is 14.4 Å². The molecule has 0 saturated heterocycles. The van der Waals surface area contributed by atoms with Gasteiger partial charge in [0.05, 0.1) is 23.5 Å². The molecular weight excluding hydrogens is 411 g/mol. The average molecular weight is 426 g/mol. The molecule has 156 valence electrons. The van der Waals surface area contributed by atoms with Crippen LogP contribution in [-0.2, 0) is 0 Å². The number of carbonyl (C=O) groups is 2. The molecule has 2 aromatic carbocycles. The molecule has 32 heavy (non-hydrogen) atoms. The molecule has 0 aliphatic carbocycles. The first-order valence-electron chi connectivity index (χ1n) is 9.67. The molecule has 5 rings (SSSR count). The summed E-state index contributed by atoms with van der Waals surface area (Å²) < 4.78 is 15.7. The zero-order valence-corrected chi connectivity index (χ0v) is 16.8. The molecule has 0 aliphatic heterocycles. The van der Waals surface area contributed by atoms with Crippen molar-refractivity contribution in [1.29, 1.82) is 0 Å². The largest absolute Gasteiger partial charge is 0.355 e. The number of fused-ring (bicyclic) bond motifs is 2. The van der Waals surface area contributed by atoms with Crippen molar-refractivity contribution in [2.45, 2.75) is 0 Å². The Balaban J connectivity index is 1.56. The molecule has 0 atom stereocenters. The van der Waals surface area contributed by atoms with Gasteiger partial charge in [-0.15, -0.1) is 0 Å². The van der Waals surface area contributed by atoms with E-state index in [1.54, 1.807) is 36.5 Å². The number of imidazole rings is 1. The molecule has 3 aromatic heterocycles. The molecule has 0 spiro atoms. The molecule has 5 aromatic rings. The van der Waals surface area contributed by atoms with Gasteiger partial charge in [-0.1, -0.05) is 12.1 Å². The number of aromatic nitrogens is 5. The third kappa shape index (κ3) is 3.25. The number of ketones is 1. The first-order chi connectivity index (χ1) is 15.5. The summed E-state index contributed by atoms with van der Waals surface area (Å²) in [5.74, 6) is -1.25. The molecule has 0 bridgehead atoms. The monoisotopic (exact) mass is 426 g/mol. The summed E-state index contributed by atoms with van der Waals surface area (Å²) in [5.41, 5.74) is 2.13. The van der Waals surface area contributed by atoms with Crippen molar-refractivity contribution in [3.8, 4) is 11.3 Å². The Morgan fingerprint density at radius 3 is 2.66 bits per heavy atom. The summed E-state index contributed by atoms with van der Waals surface area (Å²) >= 11 is 0. The second kappa shape index (κ2) is 7.62. The Bertz CT molecular complexity index is 1530. The topological polar surface area (TPSA) is 102 Å². The van der Waals surface area contributed by atoms with Crippen molar-refractivity contribution in [3.05, 3.63) is 89.8 Å². The second-order valence-electron chi connectivity index (χ2n) is 7.01. The van der Waals surface area contributed by atoms with Crippen LogP contribution < -0.4 is 5.32 Å². The van der Waals surface area contributed by atoms with Crippen LogP contribution in [0.1, 0.15) is 26.4 Å². The zero-order chi connectivity index (χ0) is 22.2. The Kier molecular flexibility index (Phi) is 4.63. The number of carbonyl (C=O) groups excluding carboxylic acids is 2. The van der Waals surface area contributed by atoms with Gasteiger partial charge in [-0.3, -0.25) is 14.6 Å². The van der Waals surface area contributed by atoms with Gasteiger partial charge in [0.2, 0.25) is 5.78 Å². The van der Waals surface area contributed by atoms with Crippen LogP contribution >= 0.6 is 0 Å². The number of amides is 1. The van der Waals surface area contributed by atoms with Crippen LogP contribution in [0.15, 0.2) is 67.1 Å². The van der Waals surface area contributed by atoms with Gasteiger partial charge >= 0.3 is 0 Å². The number of hydrogen-bond acceptors (Lipinski definition) is 6. The molecular formula is C23H15FN6O2. The molecule has 0 radical (unpaired) electrons. The van der Waals surface area contributed by atoms with Gasteiger partial charge in [-0.2, -0.15) is 9.61 Å². The summed E-state index contributed by atoms with van der Waals surface area (Å²) in [4.78, 5) is 37.5. The van der Waals surface area contributed by atoms with Crippen LogP contribution in [0.4, 0.5) is 4.39 Å². The van der Waals surface area contributed by atoms with E-state index in [-0.39, 0.29) is 22.8 Å². The molecule has 0 saturated carbocycles. The zero-order valence-electron chi connectivity index (χ0n) is 16.8. The maximum Gasteiger partial charge on any atom is 0.253 e. The SMILES string of the molecule is CNC(=O)c1ccc(-c2cnc3ncc(C(=O)c4ccc5ncccc5c4)n3n2)cc1F. The highest BCUT2D eigenvalue weighted by Crippen LogP contribution is 2.21. The minimum atomic E-state index is -0.685. The number of hydrogen-bond donors (Lipinski definition) is 1. The van der Waals surface area contributed by atoms with E-state index in [2.05, 4.69) is 25.4 Å². The fourth-order valence-corrected chi connectivity index (χ4v) is 3.42. The molecule has 0 unspecified atom stereocenters. The number of nitrogens with zero attached hydrogens (tertiary/aromatic N) is 5. The smallest absolute Gasteiger partial charge is 0.253 e. The van der Waals surface area contributed by atoms with Crippen LogP contribution in [0, 0.1) is 5.82 Å². The van der Waals surface area contributed by atoms with Crippen molar-refractivity contribution in [3.63, 3.8) is 0 Å².